The Hall–Kier alpha value is -2.98. The standard InChI is InChI=1S/C26H23Br2N7O/c27-17-6-7-20-21(10-17)35-23(31-20)11-22(24(35)16-4-2-1-3-5-16)34-15-19-14-32(8-9-33(19)26(34)36)25-29-12-18(28)13-30-25/h1-7,10,12-13,19,22,24H,8-9,11,14-15H2/t19-,22?,24-/m0/s1. The van der Waals surface area contributed by atoms with Gasteiger partial charge in [-0.3, -0.25) is 0 Å². The first-order valence-electron chi connectivity index (χ1n) is 12.1. The van der Waals surface area contributed by atoms with Crippen LogP contribution >= 0.6 is 31.9 Å². The number of nitrogens with zero attached hydrogens (tertiary/aromatic N) is 7. The Balaban J connectivity index is 1.22. The summed E-state index contributed by atoms with van der Waals surface area (Å²) in [6, 6.07) is 17.0. The SMILES string of the molecule is O=C1N(C2Cc3nc4ccc(Br)cc4n3[C@H]2c2ccccc2)C[C@@H]2CN(c3ncc(Br)cn3)CCN12. The highest BCUT2D eigenvalue weighted by Crippen LogP contribution is 2.41. The van der Waals surface area contributed by atoms with Gasteiger partial charge < -0.3 is 19.3 Å². The summed E-state index contributed by atoms with van der Waals surface area (Å²) in [5, 5.41) is 0. The number of fused-ring (bicyclic) bond motifs is 4. The molecule has 2 fully saturated rings. The van der Waals surface area contributed by atoms with Crippen LogP contribution in [0.25, 0.3) is 11.0 Å². The van der Waals surface area contributed by atoms with Gasteiger partial charge in [-0.2, -0.15) is 0 Å². The van der Waals surface area contributed by atoms with Gasteiger partial charge in [0.2, 0.25) is 5.95 Å². The maximum atomic E-state index is 13.7. The van der Waals surface area contributed by atoms with E-state index >= 15 is 0 Å². The van der Waals surface area contributed by atoms with Crippen molar-refractivity contribution in [3.63, 3.8) is 0 Å². The van der Waals surface area contributed by atoms with Crippen LogP contribution in [0.15, 0.2) is 69.9 Å². The third kappa shape index (κ3) is 3.53. The normalized spacial score (nSPS) is 23.4. The van der Waals surface area contributed by atoms with Crippen molar-refractivity contribution in [3.8, 4) is 0 Å². The maximum Gasteiger partial charge on any atom is 0.320 e. The maximum absolute atomic E-state index is 13.7. The summed E-state index contributed by atoms with van der Waals surface area (Å²) in [7, 11) is 0. The number of anilines is 1. The molecule has 5 heterocycles. The van der Waals surface area contributed by atoms with Crippen molar-refractivity contribution in [2.45, 2.75) is 24.5 Å². The van der Waals surface area contributed by atoms with E-state index in [1.807, 2.05) is 17.0 Å². The zero-order valence-electron chi connectivity index (χ0n) is 19.3. The Morgan fingerprint density at radius 2 is 1.69 bits per heavy atom. The van der Waals surface area contributed by atoms with Gasteiger partial charge in [-0.05, 0) is 39.7 Å². The van der Waals surface area contributed by atoms with E-state index in [0.717, 1.165) is 45.3 Å². The molecule has 3 aliphatic rings. The summed E-state index contributed by atoms with van der Waals surface area (Å²) < 4.78 is 4.22. The molecule has 10 heteroatoms. The molecule has 3 atom stereocenters. The zero-order valence-corrected chi connectivity index (χ0v) is 22.5. The quantitative estimate of drug-likeness (QED) is 0.343. The van der Waals surface area contributed by atoms with E-state index in [4.69, 9.17) is 4.98 Å². The molecule has 2 aromatic heterocycles. The van der Waals surface area contributed by atoms with Crippen molar-refractivity contribution in [1.29, 1.82) is 0 Å². The molecule has 4 aromatic rings. The molecule has 2 amide bonds. The van der Waals surface area contributed by atoms with Crippen LogP contribution in [-0.2, 0) is 6.42 Å². The lowest BCUT2D eigenvalue weighted by Gasteiger charge is -2.36. The highest BCUT2D eigenvalue weighted by atomic mass is 79.9. The van der Waals surface area contributed by atoms with Gasteiger partial charge >= 0.3 is 6.03 Å². The molecule has 7 rings (SSSR count). The Kier molecular flexibility index (Phi) is 5.28. The summed E-state index contributed by atoms with van der Waals surface area (Å²) >= 11 is 7.04. The third-order valence-corrected chi connectivity index (χ3v) is 8.47. The van der Waals surface area contributed by atoms with Gasteiger partial charge in [-0.25, -0.2) is 19.7 Å². The van der Waals surface area contributed by atoms with Crippen LogP contribution < -0.4 is 4.90 Å². The van der Waals surface area contributed by atoms with Gasteiger partial charge in [-0.15, -0.1) is 0 Å². The molecular weight excluding hydrogens is 586 g/mol. The van der Waals surface area contributed by atoms with E-state index < -0.39 is 0 Å². The fourth-order valence-corrected chi connectivity index (χ4v) is 6.56. The number of amides is 2. The van der Waals surface area contributed by atoms with Crippen LogP contribution in [0.1, 0.15) is 17.4 Å². The predicted octanol–water partition coefficient (Wildman–Crippen LogP) is 4.49. The zero-order chi connectivity index (χ0) is 24.4. The van der Waals surface area contributed by atoms with Crippen molar-refractivity contribution in [2.24, 2.45) is 0 Å². The lowest BCUT2D eigenvalue weighted by atomic mass is 9.98. The molecule has 8 nitrogen and oxygen atoms in total. The molecule has 36 heavy (non-hydrogen) atoms. The number of urea groups is 1. The van der Waals surface area contributed by atoms with Gasteiger partial charge in [0, 0.05) is 49.5 Å². The van der Waals surface area contributed by atoms with Gasteiger partial charge in [0.25, 0.3) is 0 Å². The fraction of sp³-hybridized carbons (Fsp3) is 0.308. The van der Waals surface area contributed by atoms with Gasteiger partial charge in [0.15, 0.2) is 0 Å². The molecule has 0 N–H and O–H groups in total. The van der Waals surface area contributed by atoms with Crippen molar-refractivity contribution in [2.75, 3.05) is 31.1 Å². The third-order valence-electron chi connectivity index (χ3n) is 7.57. The molecule has 0 spiro atoms. The summed E-state index contributed by atoms with van der Waals surface area (Å²) in [5.41, 5.74) is 3.28. The Morgan fingerprint density at radius 1 is 0.889 bits per heavy atom. The highest BCUT2D eigenvalue weighted by molar-refractivity contribution is 9.10. The lowest BCUT2D eigenvalue weighted by molar-refractivity contribution is 0.168. The molecular formula is C26H23Br2N7O. The Morgan fingerprint density at radius 3 is 2.50 bits per heavy atom. The van der Waals surface area contributed by atoms with E-state index in [2.05, 4.69) is 92.6 Å². The number of halogens is 2. The molecule has 3 aliphatic heterocycles. The number of rotatable bonds is 3. The smallest absolute Gasteiger partial charge is 0.320 e. The van der Waals surface area contributed by atoms with E-state index in [9.17, 15) is 4.79 Å². The number of aromatic nitrogens is 4. The average molecular weight is 609 g/mol. The minimum atomic E-state index is 0.00811. The second-order valence-electron chi connectivity index (χ2n) is 9.59. The first-order valence-corrected chi connectivity index (χ1v) is 13.7. The van der Waals surface area contributed by atoms with Gasteiger partial charge in [0.05, 0.1) is 33.6 Å². The largest absolute Gasteiger partial charge is 0.337 e. The van der Waals surface area contributed by atoms with Crippen molar-refractivity contribution >= 4 is 54.9 Å². The van der Waals surface area contributed by atoms with Crippen LogP contribution in [0.5, 0.6) is 0 Å². The predicted molar refractivity (Wildman–Crippen MR) is 144 cm³/mol. The first kappa shape index (κ1) is 22.2. The number of carbonyl (C=O) groups excluding carboxylic acids is 1. The van der Waals surface area contributed by atoms with E-state index in [-0.39, 0.29) is 24.2 Å². The van der Waals surface area contributed by atoms with Gasteiger partial charge in [-0.1, -0.05) is 46.3 Å². The molecule has 0 radical (unpaired) electrons. The molecule has 2 saturated heterocycles. The van der Waals surface area contributed by atoms with Crippen molar-refractivity contribution < 1.29 is 4.79 Å². The Labute approximate surface area is 225 Å². The molecule has 182 valence electrons. The number of hydrogen-bond acceptors (Lipinski definition) is 5. The summed E-state index contributed by atoms with van der Waals surface area (Å²) in [4.78, 5) is 34.0. The summed E-state index contributed by atoms with van der Waals surface area (Å²) in [6.45, 7) is 2.81. The minimum Gasteiger partial charge on any atom is -0.337 e. The van der Waals surface area contributed by atoms with Crippen LogP contribution in [0.3, 0.4) is 0 Å². The molecule has 0 bridgehead atoms. The number of piperazine rings is 1. The lowest BCUT2D eigenvalue weighted by Crippen LogP contribution is -2.52. The second-order valence-corrected chi connectivity index (χ2v) is 11.4. The van der Waals surface area contributed by atoms with Crippen LogP contribution in [0.4, 0.5) is 10.7 Å². The molecule has 0 saturated carbocycles. The number of imidazole rings is 1. The molecule has 1 unspecified atom stereocenters. The van der Waals surface area contributed by atoms with Crippen LogP contribution in [0, 0.1) is 0 Å². The van der Waals surface area contributed by atoms with E-state index in [1.54, 1.807) is 12.4 Å². The fourth-order valence-electron chi connectivity index (χ4n) is 6.00. The molecule has 2 aromatic carbocycles. The van der Waals surface area contributed by atoms with Crippen molar-refractivity contribution in [1.82, 2.24) is 29.3 Å². The Bertz CT molecular complexity index is 1460. The van der Waals surface area contributed by atoms with Crippen molar-refractivity contribution in [3.05, 3.63) is 81.3 Å². The summed E-state index contributed by atoms with van der Waals surface area (Å²) in [5.74, 6) is 1.74. The monoisotopic (exact) mass is 607 g/mol. The number of hydrogen-bond donors (Lipinski definition) is 0. The second kappa shape index (κ2) is 8.55. The molecule has 0 aliphatic carbocycles. The minimum absolute atomic E-state index is 0.00811. The van der Waals surface area contributed by atoms with Crippen LogP contribution in [-0.4, -0.2) is 73.6 Å². The number of carbonyl (C=O) groups is 1. The van der Waals surface area contributed by atoms with Gasteiger partial charge in [0.1, 0.15) is 5.82 Å². The topological polar surface area (TPSA) is 70.4 Å². The number of benzene rings is 2. The highest BCUT2D eigenvalue weighted by Gasteiger charge is 2.48. The summed E-state index contributed by atoms with van der Waals surface area (Å²) in [6.07, 6.45) is 4.28. The van der Waals surface area contributed by atoms with E-state index in [0.29, 0.717) is 19.0 Å². The first-order chi connectivity index (χ1) is 17.6. The van der Waals surface area contributed by atoms with E-state index in [1.165, 1.54) is 5.56 Å². The van der Waals surface area contributed by atoms with Crippen LogP contribution in [0.2, 0.25) is 0 Å². The average Bonchev–Trinajstić information content (AvgIpc) is 3.54.